The molecule has 7 rings (SSSR count). The van der Waals surface area contributed by atoms with E-state index in [0.717, 1.165) is 28.2 Å². The van der Waals surface area contributed by atoms with E-state index in [1.165, 1.54) is 0 Å². The van der Waals surface area contributed by atoms with Crippen molar-refractivity contribution in [3.8, 4) is 23.3 Å². The summed E-state index contributed by atoms with van der Waals surface area (Å²) in [6, 6.07) is 31.7. The normalized spacial score (nSPS) is 18.3. The molecule has 2 amide bonds. The summed E-state index contributed by atoms with van der Waals surface area (Å²) < 4.78 is 17.2. The molecular weight excluding hydrogens is 813 g/mol. The minimum Gasteiger partial charge on any atom is -0.481 e. The van der Waals surface area contributed by atoms with Crippen LogP contribution >= 0.6 is 23.5 Å². The van der Waals surface area contributed by atoms with Gasteiger partial charge in [-0.3, -0.25) is 19.2 Å². The molecule has 2 aliphatic rings. The highest BCUT2D eigenvalue weighted by atomic mass is 32.2. The fourth-order valence-electron chi connectivity index (χ4n) is 7.13. The van der Waals surface area contributed by atoms with Crippen LogP contribution in [-0.4, -0.2) is 63.4 Å². The quantitative estimate of drug-likeness (QED) is 0.0716. The number of amides is 2. The molecule has 0 unspecified atom stereocenters. The summed E-state index contributed by atoms with van der Waals surface area (Å²) in [5.41, 5.74) is 1.74. The molecule has 318 valence electrons. The van der Waals surface area contributed by atoms with E-state index >= 15 is 0 Å². The number of pyridine rings is 2. The van der Waals surface area contributed by atoms with Crippen LogP contribution < -0.4 is 20.1 Å². The maximum Gasteiger partial charge on any atom is 0.309 e. The van der Waals surface area contributed by atoms with Crippen LogP contribution in [-0.2, 0) is 20.9 Å². The van der Waals surface area contributed by atoms with Crippen LogP contribution in [0.3, 0.4) is 0 Å². The number of nitrogens with one attached hydrogen (secondary N) is 2. The van der Waals surface area contributed by atoms with Crippen molar-refractivity contribution in [2.24, 2.45) is 11.8 Å². The van der Waals surface area contributed by atoms with Gasteiger partial charge in [-0.2, -0.15) is 0 Å². The monoisotopic (exact) mass is 862 g/mol. The van der Waals surface area contributed by atoms with Crippen molar-refractivity contribution < 1.29 is 38.5 Å². The largest absolute Gasteiger partial charge is 0.481 e. The molecule has 0 bridgehead atoms. The number of ether oxygens (including phenoxy) is 3. The Balaban J connectivity index is 0.000000210. The highest BCUT2D eigenvalue weighted by Gasteiger charge is 2.30. The van der Waals surface area contributed by atoms with E-state index in [4.69, 9.17) is 19.3 Å². The average Bonchev–Trinajstić information content (AvgIpc) is 3.30. The highest BCUT2D eigenvalue weighted by Crippen LogP contribution is 2.30. The summed E-state index contributed by atoms with van der Waals surface area (Å²) >= 11 is 3.29. The fraction of sp³-hybridized carbons (Fsp3) is 0.319. The summed E-state index contributed by atoms with van der Waals surface area (Å²) in [5, 5.41) is 15.1. The van der Waals surface area contributed by atoms with Gasteiger partial charge in [-0.25, -0.2) is 9.97 Å². The summed E-state index contributed by atoms with van der Waals surface area (Å²) in [6.45, 7) is 0.292. The molecule has 0 radical (unpaired) electrons. The van der Waals surface area contributed by atoms with Gasteiger partial charge in [-0.05, 0) is 142 Å². The molecule has 0 atom stereocenters. The third kappa shape index (κ3) is 13.3. The number of thioether (sulfide) groups is 2. The Labute approximate surface area is 364 Å². The molecule has 12 nitrogen and oxygen atoms in total. The lowest BCUT2D eigenvalue weighted by Gasteiger charge is -2.28. The Morgan fingerprint density at radius 2 is 1.03 bits per heavy atom. The molecule has 2 heterocycles. The Morgan fingerprint density at radius 1 is 0.590 bits per heavy atom. The van der Waals surface area contributed by atoms with Gasteiger partial charge < -0.3 is 30.0 Å². The van der Waals surface area contributed by atoms with E-state index in [1.54, 1.807) is 60.2 Å². The Bertz CT molecular complexity index is 2210. The maximum absolute atomic E-state index is 13.0. The first-order valence-corrected chi connectivity index (χ1v) is 22.7. The first-order valence-electron chi connectivity index (χ1n) is 20.3. The SMILES string of the molecule is CSc1ccc(Oc2ncccc2C(=O)NC2CCC(C(=O)O)CC2)cc1.CSc1ccc(Oc2ncccc2C(=O)NC2CCC(C(=O)OCc3ccccc3)CC2)cc1. The summed E-state index contributed by atoms with van der Waals surface area (Å²) in [7, 11) is 0. The van der Waals surface area contributed by atoms with Crippen molar-refractivity contribution in [2.75, 3.05) is 12.5 Å². The van der Waals surface area contributed by atoms with Crippen molar-refractivity contribution in [3.63, 3.8) is 0 Å². The highest BCUT2D eigenvalue weighted by molar-refractivity contribution is 7.98. The molecule has 14 heteroatoms. The summed E-state index contributed by atoms with van der Waals surface area (Å²) in [4.78, 5) is 59.9. The van der Waals surface area contributed by atoms with Crippen LogP contribution in [0.2, 0.25) is 0 Å². The zero-order valence-corrected chi connectivity index (χ0v) is 35.8. The van der Waals surface area contributed by atoms with Crippen LogP contribution in [0.1, 0.15) is 77.6 Å². The number of carbonyl (C=O) groups excluding carboxylic acids is 3. The Hall–Kier alpha value is -5.86. The second kappa shape index (κ2) is 22.7. The second-order valence-electron chi connectivity index (χ2n) is 14.7. The Morgan fingerprint density at radius 3 is 1.46 bits per heavy atom. The van der Waals surface area contributed by atoms with Crippen molar-refractivity contribution in [1.82, 2.24) is 20.6 Å². The lowest BCUT2D eigenvalue weighted by atomic mass is 9.86. The van der Waals surface area contributed by atoms with E-state index in [2.05, 4.69) is 20.6 Å². The van der Waals surface area contributed by atoms with E-state index in [0.29, 0.717) is 67.8 Å². The van der Waals surface area contributed by atoms with Crippen molar-refractivity contribution in [1.29, 1.82) is 0 Å². The molecule has 5 aromatic rings. The predicted molar refractivity (Wildman–Crippen MR) is 235 cm³/mol. The molecule has 2 fully saturated rings. The van der Waals surface area contributed by atoms with Crippen LogP contribution in [0.4, 0.5) is 0 Å². The van der Waals surface area contributed by atoms with Crippen molar-refractivity contribution in [3.05, 3.63) is 132 Å². The lowest BCUT2D eigenvalue weighted by molar-refractivity contribution is -0.151. The van der Waals surface area contributed by atoms with Crippen LogP contribution in [0, 0.1) is 11.8 Å². The number of hydrogen-bond donors (Lipinski definition) is 3. The standard InChI is InChI=1S/C27H28N2O4S.C20H22N2O4S/c1-34-23-15-13-22(14-16-23)33-26-24(8-5-17-28-26)25(30)29-21-11-9-20(10-12-21)27(31)32-18-19-6-3-2-4-7-19;1-27-16-10-8-15(9-11-16)26-19-17(3-2-12-21-19)18(23)22-14-6-4-13(5-7-14)20(24)25/h2-8,13-17,20-21H,9-12,18H2,1H3,(H,29,30);2-3,8-14H,4-7H2,1H3,(H,22,23)(H,24,25). The first-order chi connectivity index (χ1) is 29.7. The van der Waals surface area contributed by atoms with Crippen LogP contribution in [0.5, 0.6) is 23.3 Å². The summed E-state index contributed by atoms with van der Waals surface area (Å²) in [5.74, 6) is -0.0577. The van der Waals surface area contributed by atoms with E-state index in [9.17, 15) is 19.2 Å². The number of carboxylic acids is 1. The first kappa shape index (κ1) is 44.7. The molecule has 2 aliphatic carbocycles. The zero-order valence-electron chi connectivity index (χ0n) is 34.2. The van der Waals surface area contributed by atoms with Crippen LogP contribution in [0.15, 0.2) is 125 Å². The zero-order chi connectivity index (χ0) is 43.0. The number of hydrogen-bond acceptors (Lipinski definition) is 11. The van der Waals surface area contributed by atoms with Crippen molar-refractivity contribution >= 4 is 47.3 Å². The van der Waals surface area contributed by atoms with Crippen molar-refractivity contribution in [2.45, 2.75) is 79.8 Å². The number of nitrogens with zero attached hydrogens (tertiary/aromatic N) is 2. The molecular formula is C47H50N4O8S2. The smallest absolute Gasteiger partial charge is 0.309 e. The van der Waals surface area contributed by atoms with E-state index in [-0.39, 0.29) is 53.5 Å². The molecule has 0 spiro atoms. The van der Waals surface area contributed by atoms with Gasteiger partial charge in [0.2, 0.25) is 11.8 Å². The fourth-order valence-corrected chi connectivity index (χ4v) is 7.95. The average molecular weight is 863 g/mol. The third-order valence-electron chi connectivity index (χ3n) is 10.6. The number of benzene rings is 3. The number of rotatable bonds is 14. The second-order valence-corrected chi connectivity index (χ2v) is 16.5. The molecule has 2 aromatic heterocycles. The van der Waals surface area contributed by atoms with Gasteiger partial charge in [0, 0.05) is 34.3 Å². The van der Waals surface area contributed by atoms with E-state index in [1.807, 2.05) is 91.4 Å². The summed E-state index contributed by atoms with van der Waals surface area (Å²) in [6.07, 6.45) is 12.5. The number of carboxylic acid groups (broad SMARTS) is 1. The number of carbonyl (C=O) groups is 4. The molecule has 0 aliphatic heterocycles. The minimum atomic E-state index is -0.754. The lowest BCUT2D eigenvalue weighted by Crippen LogP contribution is -2.39. The number of aromatic nitrogens is 2. The third-order valence-corrected chi connectivity index (χ3v) is 12.1. The minimum absolute atomic E-state index is 0.000378. The van der Waals surface area contributed by atoms with Gasteiger partial charge >= 0.3 is 11.9 Å². The van der Waals surface area contributed by atoms with Crippen LogP contribution in [0.25, 0.3) is 0 Å². The van der Waals surface area contributed by atoms with E-state index < -0.39 is 5.97 Å². The Kier molecular flexibility index (Phi) is 16.6. The van der Waals surface area contributed by atoms with Gasteiger partial charge in [-0.1, -0.05) is 30.3 Å². The van der Waals surface area contributed by atoms with Gasteiger partial charge in [0.25, 0.3) is 11.8 Å². The molecule has 3 aromatic carbocycles. The predicted octanol–water partition coefficient (Wildman–Crippen LogP) is 9.60. The molecule has 0 saturated heterocycles. The van der Waals surface area contributed by atoms with Gasteiger partial charge in [0.15, 0.2) is 0 Å². The van der Waals surface area contributed by atoms with Gasteiger partial charge in [-0.15, -0.1) is 23.5 Å². The molecule has 3 N–H and O–H groups in total. The topological polar surface area (TPSA) is 166 Å². The van der Waals surface area contributed by atoms with Gasteiger partial charge in [0.1, 0.15) is 29.2 Å². The maximum atomic E-state index is 13.0. The molecule has 61 heavy (non-hydrogen) atoms. The number of aliphatic carboxylic acids is 1. The molecule has 2 saturated carbocycles. The number of esters is 1. The van der Waals surface area contributed by atoms with Gasteiger partial charge in [0.05, 0.1) is 11.8 Å².